The van der Waals surface area contributed by atoms with E-state index in [1.807, 2.05) is 0 Å². The average Bonchev–Trinajstić information content (AvgIpc) is 2.15. The predicted molar refractivity (Wildman–Crippen MR) is 52.4 cm³/mol. The Bertz CT molecular complexity index is 190. The molecule has 0 saturated heterocycles. The van der Waals surface area contributed by atoms with Crippen LogP contribution in [0.1, 0.15) is 39.0 Å². The average molecular weight is 182 g/mol. The summed E-state index contributed by atoms with van der Waals surface area (Å²) in [7, 11) is 0. The number of carbonyl (C=O) groups is 1. The highest BCUT2D eigenvalue weighted by Crippen LogP contribution is 2.26. The van der Waals surface area contributed by atoms with Crippen LogP contribution >= 0.6 is 0 Å². The third-order valence-corrected chi connectivity index (χ3v) is 2.66. The van der Waals surface area contributed by atoms with Crippen molar-refractivity contribution >= 4 is 5.78 Å². The van der Waals surface area contributed by atoms with Gasteiger partial charge in [-0.2, -0.15) is 0 Å². The molecule has 1 aliphatic carbocycles. The van der Waals surface area contributed by atoms with Crippen LogP contribution in [0.2, 0.25) is 0 Å². The second kappa shape index (κ2) is 5.18. The minimum absolute atomic E-state index is 0.00913. The Labute approximate surface area is 79.6 Å². The van der Waals surface area contributed by atoms with Crippen LogP contribution in [0.3, 0.4) is 0 Å². The molecule has 0 spiro atoms. The standard InChI is InChI=1S/C11H18O2/c1-9(12)7-8-11(13)10-5-3-2-4-6-10/h7-8,10-11,13H,2-6H2,1H3/b8-7+. The van der Waals surface area contributed by atoms with E-state index in [1.165, 1.54) is 32.3 Å². The molecular formula is C11H18O2. The van der Waals surface area contributed by atoms with Gasteiger partial charge in [0.2, 0.25) is 0 Å². The number of rotatable bonds is 3. The summed E-state index contributed by atoms with van der Waals surface area (Å²) in [4.78, 5) is 10.6. The molecule has 1 aliphatic rings. The van der Waals surface area contributed by atoms with E-state index in [-0.39, 0.29) is 5.78 Å². The van der Waals surface area contributed by atoms with E-state index in [0.29, 0.717) is 5.92 Å². The fourth-order valence-electron chi connectivity index (χ4n) is 1.87. The fraction of sp³-hybridized carbons (Fsp3) is 0.727. The van der Waals surface area contributed by atoms with E-state index in [4.69, 9.17) is 0 Å². The Morgan fingerprint density at radius 3 is 2.54 bits per heavy atom. The summed E-state index contributed by atoms with van der Waals surface area (Å²) >= 11 is 0. The first-order valence-electron chi connectivity index (χ1n) is 5.07. The highest BCUT2D eigenvalue weighted by molar-refractivity contribution is 5.87. The van der Waals surface area contributed by atoms with Crippen molar-refractivity contribution in [2.75, 3.05) is 0 Å². The zero-order chi connectivity index (χ0) is 9.68. The third kappa shape index (κ3) is 3.73. The van der Waals surface area contributed by atoms with Crippen LogP contribution in [-0.4, -0.2) is 17.0 Å². The van der Waals surface area contributed by atoms with E-state index < -0.39 is 6.10 Å². The number of aliphatic hydroxyl groups is 1. The first-order valence-corrected chi connectivity index (χ1v) is 5.07. The van der Waals surface area contributed by atoms with Gasteiger partial charge >= 0.3 is 0 Å². The zero-order valence-corrected chi connectivity index (χ0v) is 8.20. The lowest BCUT2D eigenvalue weighted by Gasteiger charge is -2.24. The molecule has 0 aromatic heterocycles. The molecule has 2 nitrogen and oxygen atoms in total. The molecule has 0 amide bonds. The quantitative estimate of drug-likeness (QED) is 0.678. The van der Waals surface area contributed by atoms with E-state index in [1.54, 1.807) is 6.08 Å². The molecule has 1 atom stereocenters. The number of carbonyl (C=O) groups excluding carboxylic acids is 1. The normalized spacial score (nSPS) is 22.0. The molecule has 0 aromatic carbocycles. The zero-order valence-electron chi connectivity index (χ0n) is 8.20. The van der Waals surface area contributed by atoms with Crippen molar-refractivity contribution in [2.45, 2.75) is 45.1 Å². The largest absolute Gasteiger partial charge is 0.389 e. The second-order valence-corrected chi connectivity index (χ2v) is 3.86. The summed E-state index contributed by atoms with van der Waals surface area (Å²) in [5, 5.41) is 9.68. The SMILES string of the molecule is CC(=O)/C=C/C(O)C1CCCCC1. The van der Waals surface area contributed by atoms with Gasteiger partial charge in [0.25, 0.3) is 0 Å². The molecular weight excluding hydrogens is 164 g/mol. The Morgan fingerprint density at radius 1 is 1.38 bits per heavy atom. The van der Waals surface area contributed by atoms with Crippen LogP contribution < -0.4 is 0 Å². The highest BCUT2D eigenvalue weighted by Gasteiger charge is 2.19. The molecule has 0 radical (unpaired) electrons. The minimum Gasteiger partial charge on any atom is -0.389 e. The van der Waals surface area contributed by atoms with Crippen molar-refractivity contribution in [1.82, 2.24) is 0 Å². The molecule has 0 heterocycles. The van der Waals surface area contributed by atoms with Gasteiger partial charge in [-0.15, -0.1) is 0 Å². The summed E-state index contributed by atoms with van der Waals surface area (Å²) in [6.45, 7) is 1.50. The van der Waals surface area contributed by atoms with Gasteiger partial charge in [0.1, 0.15) is 0 Å². The molecule has 13 heavy (non-hydrogen) atoms. The van der Waals surface area contributed by atoms with Gasteiger partial charge in [-0.1, -0.05) is 25.3 Å². The number of aliphatic hydroxyl groups excluding tert-OH is 1. The van der Waals surface area contributed by atoms with Gasteiger partial charge in [-0.25, -0.2) is 0 Å². The van der Waals surface area contributed by atoms with Gasteiger partial charge in [0.05, 0.1) is 6.10 Å². The lowest BCUT2D eigenvalue weighted by molar-refractivity contribution is -0.112. The molecule has 1 saturated carbocycles. The van der Waals surface area contributed by atoms with Crippen molar-refractivity contribution in [3.63, 3.8) is 0 Å². The van der Waals surface area contributed by atoms with Crippen molar-refractivity contribution in [1.29, 1.82) is 0 Å². The van der Waals surface area contributed by atoms with Gasteiger partial charge in [-0.3, -0.25) is 4.79 Å². The van der Waals surface area contributed by atoms with Gasteiger partial charge in [-0.05, 0) is 31.8 Å². The molecule has 1 unspecified atom stereocenters. The van der Waals surface area contributed by atoms with Gasteiger partial charge < -0.3 is 5.11 Å². The molecule has 0 aliphatic heterocycles. The van der Waals surface area contributed by atoms with Crippen LogP contribution in [0.25, 0.3) is 0 Å². The Kier molecular flexibility index (Phi) is 4.16. The summed E-state index contributed by atoms with van der Waals surface area (Å²) < 4.78 is 0. The van der Waals surface area contributed by atoms with E-state index >= 15 is 0 Å². The second-order valence-electron chi connectivity index (χ2n) is 3.86. The molecule has 1 fully saturated rings. The smallest absolute Gasteiger partial charge is 0.152 e. The van der Waals surface area contributed by atoms with Crippen LogP contribution in [-0.2, 0) is 4.79 Å². The number of hydrogen-bond donors (Lipinski definition) is 1. The van der Waals surface area contributed by atoms with Crippen molar-refractivity contribution < 1.29 is 9.90 Å². The Balaban J connectivity index is 2.36. The minimum atomic E-state index is -0.413. The molecule has 0 bridgehead atoms. The monoisotopic (exact) mass is 182 g/mol. The van der Waals surface area contributed by atoms with Gasteiger partial charge in [0, 0.05) is 0 Å². The summed E-state index contributed by atoms with van der Waals surface area (Å²) in [6, 6.07) is 0. The van der Waals surface area contributed by atoms with Crippen molar-refractivity contribution in [3.05, 3.63) is 12.2 Å². The molecule has 1 rings (SSSR count). The highest BCUT2D eigenvalue weighted by atomic mass is 16.3. The first-order chi connectivity index (χ1) is 6.20. The Morgan fingerprint density at radius 2 is 2.00 bits per heavy atom. The van der Waals surface area contributed by atoms with E-state index in [2.05, 4.69) is 0 Å². The maximum Gasteiger partial charge on any atom is 0.152 e. The van der Waals surface area contributed by atoms with Crippen LogP contribution in [0.5, 0.6) is 0 Å². The summed E-state index contributed by atoms with van der Waals surface area (Å²) in [6.07, 6.45) is 8.62. The molecule has 0 aromatic rings. The van der Waals surface area contributed by atoms with Crippen molar-refractivity contribution in [2.24, 2.45) is 5.92 Å². The third-order valence-electron chi connectivity index (χ3n) is 2.66. The van der Waals surface area contributed by atoms with E-state index in [0.717, 1.165) is 12.8 Å². The molecule has 1 N–H and O–H groups in total. The first kappa shape index (κ1) is 10.5. The molecule has 2 heteroatoms. The molecule has 74 valence electrons. The predicted octanol–water partition coefficient (Wildman–Crippen LogP) is 2.07. The number of allylic oxidation sites excluding steroid dienone is 1. The number of hydrogen-bond acceptors (Lipinski definition) is 2. The van der Waals surface area contributed by atoms with Crippen LogP contribution in [0.15, 0.2) is 12.2 Å². The topological polar surface area (TPSA) is 37.3 Å². The maximum absolute atomic E-state index is 10.6. The summed E-state index contributed by atoms with van der Waals surface area (Å²) in [5.74, 6) is 0.388. The van der Waals surface area contributed by atoms with Gasteiger partial charge in [0.15, 0.2) is 5.78 Å². The Hall–Kier alpha value is -0.630. The number of ketones is 1. The van der Waals surface area contributed by atoms with Crippen LogP contribution in [0.4, 0.5) is 0 Å². The van der Waals surface area contributed by atoms with Crippen molar-refractivity contribution in [3.8, 4) is 0 Å². The summed E-state index contributed by atoms with van der Waals surface area (Å²) in [5.41, 5.74) is 0. The van der Waals surface area contributed by atoms with Crippen LogP contribution in [0, 0.1) is 5.92 Å². The van der Waals surface area contributed by atoms with E-state index in [9.17, 15) is 9.90 Å². The lowest BCUT2D eigenvalue weighted by atomic mass is 9.85. The lowest BCUT2D eigenvalue weighted by Crippen LogP contribution is -2.20. The fourth-order valence-corrected chi connectivity index (χ4v) is 1.87. The maximum atomic E-state index is 10.6.